The summed E-state index contributed by atoms with van der Waals surface area (Å²) in [5.41, 5.74) is 2.34. The normalized spacial score (nSPS) is 29.7. The van der Waals surface area contributed by atoms with Crippen LogP contribution in [0.15, 0.2) is 36.4 Å². The van der Waals surface area contributed by atoms with E-state index in [1.54, 1.807) is 0 Å². The van der Waals surface area contributed by atoms with Crippen LogP contribution in [0.2, 0.25) is 0 Å². The Balaban J connectivity index is 2.13. The summed E-state index contributed by atoms with van der Waals surface area (Å²) in [4.78, 5) is 0. The van der Waals surface area contributed by atoms with Gasteiger partial charge in [0.1, 0.15) is 5.75 Å². The van der Waals surface area contributed by atoms with Crippen molar-refractivity contribution in [3.63, 3.8) is 0 Å². The third-order valence-corrected chi connectivity index (χ3v) is 2.64. The summed E-state index contributed by atoms with van der Waals surface area (Å²) in [6.45, 7) is 4.62. The lowest BCUT2D eigenvalue weighted by Gasteiger charge is -2.06. The fraction of sp³-hybridized carbons (Fsp3) is 0.273. The first-order chi connectivity index (χ1) is 6.36. The van der Waals surface area contributed by atoms with Gasteiger partial charge in [-0.25, -0.2) is 0 Å². The van der Waals surface area contributed by atoms with Gasteiger partial charge in [0.05, 0.1) is 12.5 Å². The molecule has 1 saturated heterocycles. The number of rotatable bonds is 0. The van der Waals surface area contributed by atoms with E-state index < -0.39 is 0 Å². The third-order valence-electron chi connectivity index (χ3n) is 2.64. The van der Waals surface area contributed by atoms with E-state index in [2.05, 4.69) is 12.6 Å². The van der Waals surface area contributed by atoms with Gasteiger partial charge in [-0.1, -0.05) is 24.8 Å². The summed E-state index contributed by atoms with van der Waals surface area (Å²) in [6.07, 6.45) is -0.120. The van der Waals surface area contributed by atoms with E-state index in [1.165, 1.54) is 5.56 Å². The Morgan fingerprint density at radius 3 is 3.08 bits per heavy atom. The lowest BCUT2D eigenvalue weighted by atomic mass is 9.95. The van der Waals surface area contributed by atoms with Crippen LogP contribution in [-0.2, 0) is 4.74 Å². The zero-order valence-electron chi connectivity index (χ0n) is 7.19. The highest BCUT2D eigenvalue weighted by Gasteiger charge is 2.41. The van der Waals surface area contributed by atoms with E-state index in [0.717, 1.165) is 11.3 Å². The van der Waals surface area contributed by atoms with Gasteiger partial charge in [-0.3, -0.25) is 0 Å². The first-order valence-electron chi connectivity index (χ1n) is 4.41. The molecule has 2 nitrogen and oxygen atoms in total. The molecule has 2 heterocycles. The number of hydrogen-bond acceptors (Lipinski definition) is 2. The molecule has 3 rings (SSSR count). The van der Waals surface area contributed by atoms with E-state index in [9.17, 15) is 0 Å². The lowest BCUT2D eigenvalue weighted by Crippen LogP contribution is -2.13. The summed E-state index contributed by atoms with van der Waals surface area (Å²) in [5.74, 6) is 1.20. The number of para-hydroxylation sites is 1. The number of benzene rings is 1. The molecule has 0 radical (unpaired) electrons. The van der Waals surface area contributed by atoms with Crippen molar-refractivity contribution in [2.24, 2.45) is 0 Å². The fourth-order valence-electron chi connectivity index (χ4n) is 2.01. The van der Waals surface area contributed by atoms with Gasteiger partial charge >= 0.3 is 0 Å². The molecule has 0 aromatic heterocycles. The second kappa shape index (κ2) is 2.36. The van der Waals surface area contributed by atoms with Gasteiger partial charge in [0, 0.05) is 5.56 Å². The topological polar surface area (TPSA) is 18.5 Å². The predicted molar refractivity (Wildman–Crippen MR) is 48.7 cm³/mol. The van der Waals surface area contributed by atoms with Crippen LogP contribution >= 0.6 is 0 Å². The molecule has 0 aliphatic carbocycles. The lowest BCUT2D eigenvalue weighted by molar-refractivity contribution is -0.0334. The van der Waals surface area contributed by atoms with Crippen LogP contribution in [0.1, 0.15) is 11.5 Å². The largest absolute Gasteiger partial charge is 0.464 e. The zero-order chi connectivity index (χ0) is 8.84. The van der Waals surface area contributed by atoms with Gasteiger partial charge in [-0.05, 0) is 11.6 Å². The molecule has 66 valence electrons. The molecule has 0 bridgehead atoms. The highest BCUT2D eigenvalue weighted by atomic mass is 16.7. The van der Waals surface area contributed by atoms with Crippen molar-refractivity contribution >= 4 is 0 Å². The van der Waals surface area contributed by atoms with Crippen LogP contribution in [0, 0.1) is 0 Å². The maximum absolute atomic E-state index is 5.62. The maximum Gasteiger partial charge on any atom is 0.211 e. The molecule has 2 aliphatic rings. The van der Waals surface area contributed by atoms with Gasteiger partial charge in [-0.15, -0.1) is 0 Å². The minimum atomic E-state index is -0.120. The van der Waals surface area contributed by atoms with Crippen molar-refractivity contribution in [2.45, 2.75) is 12.2 Å². The molecule has 2 atom stereocenters. The summed E-state index contributed by atoms with van der Waals surface area (Å²) >= 11 is 0. The summed E-state index contributed by atoms with van der Waals surface area (Å²) in [5, 5.41) is 0. The Bertz CT molecular complexity index is 370. The van der Waals surface area contributed by atoms with Crippen molar-refractivity contribution in [1.29, 1.82) is 0 Å². The van der Waals surface area contributed by atoms with Gasteiger partial charge < -0.3 is 9.47 Å². The molecule has 0 N–H and O–H groups in total. The monoisotopic (exact) mass is 174 g/mol. The standard InChI is InChI=1S/C11H10O2/c1-7-6-12-11-10(7)8-4-2-3-5-9(8)13-11/h2-5,10-11H,1,6H2/t10-,11+/m0/s1. The van der Waals surface area contributed by atoms with Gasteiger partial charge in [0.2, 0.25) is 6.29 Å². The van der Waals surface area contributed by atoms with E-state index in [4.69, 9.17) is 9.47 Å². The predicted octanol–water partition coefficient (Wildman–Crippen LogP) is 2.08. The molecule has 1 aromatic rings. The smallest absolute Gasteiger partial charge is 0.211 e. The van der Waals surface area contributed by atoms with E-state index in [1.807, 2.05) is 18.2 Å². The number of ether oxygens (including phenoxy) is 2. The zero-order valence-corrected chi connectivity index (χ0v) is 7.19. The van der Waals surface area contributed by atoms with Crippen LogP contribution < -0.4 is 4.74 Å². The minimum Gasteiger partial charge on any atom is -0.464 e. The SMILES string of the molecule is C=C1CO[C@@H]2Oc3ccccc3[C@H]12. The molecule has 1 fully saturated rings. The molecule has 1 aromatic carbocycles. The molecule has 2 aliphatic heterocycles. The van der Waals surface area contributed by atoms with Crippen LogP contribution in [0.25, 0.3) is 0 Å². The van der Waals surface area contributed by atoms with Crippen molar-refractivity contribution in [1.82, 2.24) is 0 Å². The first-order valence-corrected chi connectivity index (χ1v) is 4.41. The van der Waals surface area contributed by atoms with Crippen molar-refractivity contribution < 1.29 is 9.47 Å². The Hall–Kier alpha value is -1.28. The van der Waals surface area contributed by atoms with Crippen LogP contribution in [0.3, 0.4) is 0 Å². The summed E-state index contributed by atoms with van der Waals surface area (Å²) in [7, 11) is 0. The Kier molecular flexibility index (Phi) is 1.30. The van der Waals surface area contributed by atoms with Crippen molar-refractivity contribution in [3.05, 3.63) is 42.0 Å². The minimum absolute atomic E-state index is 0.120. The van der Waals surface area contributed by atoms with Crippen LogP contribution in [0.4, 0.5) is 0 Å². The Labute approximate surface area is 76.8 Å². The molecule has 2 heteroatoms. The Morgan fingerprint density at radius 1 is 1.31 bits per heavy atom. The molecular formula is C11H10O2. The molecule has 0 amide bonds. The van der Waals surface area contributed by atoms with Crippen LogP contribution in [-0.4, -0.2) is 12.9 Å². The quantitative estimate of drug-likeness (QED) is 0.560. The van der Waals surface area contributed by atoms with Gasteiger partial charge in [-0.2, -0.15) is 0 Å². The number of fused-ring (bicyclic) bond motifs is 3. The summed E-state index contributed by atoms with van der Waals surface area (Å²) < 4.78 is 11.1. The van der Waals surface area contributed by atoms with Gasteiger partial charge in [0.15, 0.2) is 0 Å². The molecule has 0 unspecified atom stereocenters. The van der Waals surface area contributed by atoms with Gasteiger partial charge in [0.25, 0.3) is 0 Å². The molecule has 0 spiro atoms. The summed E-state index contributed by atoms with van der Waals surface area (Å²) in [6, 6.07) is 8.06. The fourth-order valence-corrected chi connectivity index (χ4v) is 2.01. The van der Waals surface area contributed by atoms with Crippen molar-refractivity contribution in [3.8, 4) is 5.75 Å². The molecule has 13 heavy (non-hydrogen) atoms. The highest BCUT2D eigenvalue weighted by molar-refractivity contribution is 5.45. The number of hydrogen-bond donors (Lipinski definition) is 0. The van der Waals surface area contributed by atoms with Crippen molar-refractivity contribution in [2.75, 3.05) is 6.61 Å². The molecule has 0 saturated carbocycles. The highest BCUT2D eigenvalue weighted by Crippen LogP contribution is 2.45. The average Bonchev–Trinajstić information content (AvgIpc) is 2.66. The third kappa shape index (κ3) is 0.864. The maximum atomic E-state index is 5.62. The second-order valence-electron chi connectivity index (χ2n) is 3.47. The van der Waals surface area contributed by atoms with E-state index in [0.29, 0.717) is 6.61 Å². The second-order valence-corrected chi connectivity index (χ2v) is 3.47. The Morgan fingerprint density at radius 2 is 2.15 bits per heavy atom. The first kappa shape index (κ1) is 7.15. The average molecular weight is 174 g/mol. The van der Waals surface area contributed by atoms with E-state index in [-0.39, 0.29) is 12.2 Å². The van der Waals surface area contributed by atoms with E-state index >= 15 is 0 Å². The van der Waals surface area contributed by atoms with Crippen LogP contribution in [0.5, 0.6) is 5.75 Å². The molecular weight excluding hydrogens is 164 g/mol.